The van der Waals surface area contributed by atoms with Crippen LogP contribution >= 0.6 is 0 Å². The quantitative estimate of drug-likeness (QED) is 0.813. The van der Waals surface area contributed by atoms with Gasteiger partial charge in [-0.1, -0.05) is 6.07 Å². The number of imide groups is 1. The zero-order valence-electron chi connectivity index (χ0n) is 16.0. The van der Waals surface area contributed by atoms with Crippen LogP contribution in [-0.2, 0) is 19.1 Å². The summed E-state index contributed by atoms with van der Waals surface area (Å²) in [6, 6.07) is 2.61. The Labute approximate surface area is 161 Å². The Morgan fingerprint density at radius 2 is 1.96 bits per heavy atom. The number of nitrogens with zero attached hydrogens (tertiary/aromatic N) is 1. The van der Waals surface area contributed by atoms with E-state index in [1.165, 1.54) is 12.1 Å². The number of ether oxygens (including phenoxy) is 2. The van der Waals surface area contributed by atoms with Crippen molar-refractivity contribution in [2.75, 3.05) is 17.3 Å². The molecule has 0 saturated carbocycles. The minimum absolute atomic E-state index is 0.123. The maximum Gasteiger partial charge on any atom is 0.421 e. The van der Waals surface area contributed by atoms with Crippen molar-refractivity contribution in [2.45, 2.75) is 45.3 Å². The second-order valence-corrected chi connectivity index (χ2v) is 7.06. The van der Waals surface area contributed by atoms with Crippen molar-refractivity contribution < 1.29 is 33.0 Å². The van der Waals surface area contributed by atoms with Gasteiger partial charge in [0.1, 0.15) is 23.1 Å². The fraction of sp³-hybridized carbons (Fsp3) is 0.444. The molecule has 1 atom stereocenters. The van der Waals surface area contributed by atoms with E-state index in [1.54, 1.807) is 20.8 Å². The number of hydrogen-bond acceptors (Lipinski definition) is 6. The van der Waals surface area contributed by atoms with E-state index in [9.17, 15) is 23.6 Å². The Bertz CT molecular complexity index is 805. The smallest absolute Gasteiger partial charge is 0.421 e. The summed E-state index contributed by atoms with van der Waals surface area (Å²) in [5.41, 5.74) is -1.52. The van der Waals surface area contributed by atoms with Gasteiger partial charge in [0.2, 0.25) is 5.91 Å². The molecule has 9 nitrogen and oxygen atoms in total. The number of carbonyl (C=O) groups is 4. The predicted molar refractivity (Wildman–Crippen MR) is 97.3 cm³/mol. The minimum Gasteiger partial charge on any atom is -0.452 e. The van der Waals surface area contributed by atoms with Crippen molar-refractivity contribution in [2.24, 2.45) is 0 Å². The normalized spacial score (nSPS) is 16.2. The van der Waals surface area contributed by atoms with E-state index in [1.807, 2.05) is 0 Å². The van der Waals surface area contributed by atoms with Crippen LogP contribution in [0.5, 0.6) is 0 Å². The van der Waals surface area contributed by atoms with Crippen molar-refractivity contribution in [1.29, 1.82) is 0 Å². The van der Waals surface area contributed by atoms with Crippen LogP contribution in [0.25, 0.3) is 0 Å². The highest BCUT2D eigenvalue weighted by Crippen LogP contribution is 2.31. The molecule has 1 aliphatic heterocycles. The van der Waals surface area contributed by atoms with E-state index in [0.717, 1.165) is 13.2 Å². The SMILES string of the molecule is COC(=O)N(C(=O)C1CCC(=O)N1)c1cccc(F)c1NC(=O)OC(C)(C)C. The van der Waals surface area contributed by atoms with Crippen molar-refractivity contribution in [3.05, 3.63) is 24.0 Å². The summed E-state index contributed by atoms with van der Waals surface area (Å²) in [6.07, 6.45) is -1.76. The molecule has 152 valence electrons. The van der Waals surface area contributed by atoms with Gasteiger partial charge >= 0.3 is 12.2 Å². The summed E-state index contributed by atoms with van der Waals surface area (Å²) in [7, 11) is 1.05. The average Bonchev–Trinajstić information content (AvgIpc) is 3.02. The molecular formula is C18H22FN3O6. The van der Waals surface area contributed by atoms with Crippen LogP contribution in [0.1, 0.15) is 33.6 Å². The Balaban J connectivity index is 2.42. The van der Waals surface area contributed by atoms with Crippen LogP contribution in [0.2, 0.25) is 0 Å². The van der Waals surface area contributed by atoms with E-state index < -0.39 is 41.2 Å². The van der Waals surface area contributed by atoms with Crippen molar-refractivity contribution >= 4 is 35.4 Å². The number of amides is 4. The fourth-order valence-electron chi connectivity index (χ4n) is 2.58. The third-order valence-corrected chi connectivity index (χ3v) is 3.73. The standard InChI is InChI=1S/C18H22FN3O6/c1-18(2,3)28-16(25)21-14-10(19)6-5-7-12(14)22(17(26)27-4)15(24)11-8-9-13(23)20-11/h5-7,11H,8-9H2,1-4H3,(H,20,23)(H,21,25). The molecule has 0 radical (unpaired) electrons. The number of benzene rings is 1. The van der Waals surface area contributed by atoms with Gasteiger partial charge < -0.3 is 14.8 Å². The zero-order chi connectivity index (χ0) is 21.1. The highest BCUT2D eigenvalue weighted by atomic mass is 19.1. The van der Waals surface area contributed by atoms with Gasteiger partial charge in [0.15, 0.2) is 0 Å². The number of rotatable bonds is 3. The van der Waals surface area contributed by atoms with E-state index in [0.29, 0.717) is 4.90 Å². The number of halogens is 1. The number of nitrogens with one attached hydrogen (secondary N) is 2. The Morgan fingerprint density at radius 3 is 2.50 bits per heavy atom. The van der Waals surface area contributed by atoms with Crippen LogP contribution in [-0.4, -0.2) is 42.8 Å². The molecule has 10 heteroatoms. The molecule has 4 amide bonds. The molecule has 0 spiro atoms. The highest BCUT2D eigenvalue weighted by Gasteiger charge is 2.37. The van der Waals surface area contributed by atoms with Crippen LogP contribution in [0, 0.1) is 5.82 Å². The van der Waals surface area contributed by atoms with E-state index in [2.05, 4.69) is 15.4 Å². The summed E-state index contributed by atoms with van der Waals surface area (Å²) in [5.74, 6) is -2.04. The van der Waals surface area contributed by atoms with Crippen molar-refractivity contribution in [3.63, 3.8) is 0 Å². The molecular weight excluding hydrogens is 373 g/mol. The first kappa shape index (κ1) is 21.1. The number of para-hydroxylation sites is 1. The van der Waals surface area contributed by atoms with Gasteiger partial charge in [-0.05, 0) is 39.3 Å². The Hall–Kier alpha value is -3.17. The molecule has 1 saturated heterocycles. The van der Waals surface area contributed by atoms with Gasteiger partial charge in [-0.25, -0.2) is 18.9 Å². The fourth-order valence-corrected chi connectivity index (χ4v) is 2.58. The molecule has 1 fully saturated rings. The highest BCUT2D eigenvalue weighted by molar-refractivity contribution is 6.17. The first-order valence-electron chi connectivity index (χ1n) is 8.53. The van der Waals surface area contributed by atoms with Gasteiger partial charge in [-0.2, -0.15) is 0 Å². The minimum atomic E-state index is -1.09. The summed E-state index contributed by atoms with van der Waals surface area (Å²) in [5, 5.41) is 4.67. The van der Waals surface area contributed by atoms with Crippen LogP contribution in [0.4, 0.5) is 25.4 Å². The third-order valence-electron chi connectivity index (χ3n) is 3.73. The molecule has 1 aromatic carbocycles. The van der Waals surface area contributed by atoms with Gasteiger partial charge in [0.05, 0.1) is 12.8 Å². The predicted octanol–water partition coefficient (Wildman–Crippen LogP) is 2.55. The van der Waals surface area contributed by atoms with E-state index in [-0.39, 0.29) is 24.4 Å². The molecule has 1 unspecified atom stereocenters. The van der Waals surface area contributed by atoms with Gasteiger partial charge in [-0.3, -0.25) is 14.9 Å². The van der Waals surface area contributed by atoms with Crippen LogP contribution in [0.15, 0.2) is 18.2 Å². The van der Waals surface area contributed by atoms with Gasteiger partial charge in [0, 0.05) is 6.42 Å². The largest absolute Gasteiger partial charge is 0.452 e. The lowest BCUT2D eigenvalue weighted by Gasteiger charge is -2.25. The zero-order valence-corrected chi connectivity index (χ0v) is 16.0. The maximum absolute atomic E-state index is 14.4. The lowest BCUT2D eigenvalue weighted by Crippen LogP contribution is -2.48. The monoisotopic (exact) mass is 395 g/mol. The van der Waals surface area contributed by atoms with Gasteiger partial charge in [-0.15, -0.1) is 0 Å². The molecule has 0 aliphatic carbocycles. The maximum atomic E-state index is 14.4. The van der Waals surface area contributed by atoms with Crippen molar-refractivity contribution in [1.82, 2.24) is 5.32 Å². The number of carbonyl (C=O) groups excluding carboxylic acids is 4. The summed E-state index contributed by atoms with van der Waals surface area (Å²) in [4.78, 5) is 49.2. The van der Waals surface area contributed by atoms with Crippen molar-refractivity contribution in [3.8, 4) is 0 Å². The molecule has 0 aromatic heterocycles. The Morgan fingerprint density at radius 1 is 1.29 bits per heavy atom. The molecule has 1 aromatic rings. The molecule has 1 aliphatic rings. The molecule has 2 rings (SSSR count). The summed E-state index contributed by atoms with van der Waals surface area (Å²) >= 11 is 0. The summed E-state index contributed by atoms with van der Waals surface area (Å²) in [6.45, 7) is 4.88. The lowest BCUT2D eigenvalue weighted by molar-refractivity contribution is -0.123. The number of methoxy groups -OCH3 is 1. The van der Waals surface area contributed by atoms with Gasteiger partial charge in [0.25, 0.3) is 5.91 Å². The topological polar surface area (TPSA) is 114 Å². The van der Waals surface area contributed by atoms with E-state index >= 15 is 0 Å². The summed E-state index contributed by atoms with van der Waals surface area (Å²) < 4.78 is 24.2. The number of anilines is 2. The third kappa shape index (κ3) is 4.96. The lowest BCUT2D eigenvalue weighted by atomic mass is 10.1. The first-order valence-corrected chi connectivity index (χ1v) is 8.53. The van der Waals surface area contributed by atoms with E-state index in [4.69, 9.17) is 4.74 Å². The molecule has 0 bridgehead atoms. The molecule has 1 heterocycles. The first-order chi connectivity index (χ1) is 13.0. The Kier molecular flexibility index (Phi) is 6.22. The molecule has 28 heavy (non-hydrogen) atoms. The average molecular weight is 395 g/mol. The second kappa shape index (κ2) is 8.24. The van der Waals surface area contributed by atoms with Crippen LogP contribution in [0.3, 0.4) is 0 Å². The molecule has 2 N–H and O–H groups in total. The second-order valence-electron chi connectivity index (χ2n) is 7.06. The number of hydrogen-bond donors (Lipinski definition) is 2. The van der Waals surface area contributed by atoms with Crippen LogP contribution < -0.4 is 15.5 Å².